The molecule has 1 amide bonds. The Morgan fingerprint density at radius 1 is 1.28 bits per heavy atom. The Bertz CT molecular complexity index is 689. The number of imidazole rings is 1. The number of carboxylic acid groups (broad SMARTS) is 1. The summed E-state index contributed by atoms with van der Waals surface area (Å²) in [5.74, 6) is -1.30. The van der Waals surface area contributed by atoms with Crippen LogP contribution >= 0.6 is 0 Å². The Labute approximate surface area is 149 Å². The molecule has 0 spiro atoms. The number of carbonyl (C=O) groups is 3. The van der Waals surface area contributed by atoms with Gasteiger partial charge in [-0.3, -0.25) is 0 Å². The van der Waals surface area contributed by atoms with E-state index in [1.54, 1.807) is 13.8 Å². The van der Waals surface area contributed by atoms with E-state index in [0.29, 0.717) is 0 Å². The van der Waals surface area contributed by atoms with Crippen LogP contribution in [-0.4, -0.2) is 50.1 Å². The molecule has 1 aromatic rings. The van der Waals surface area contributed by atoms with E-state index in [1.165, 1.54) is 20.0 Å². The SMILES string of the molecule is [2H]CC(C)(C)OC(=O)N[C@@H](Cc1cn(C(=O)OC(C)(C)C[2H])cn1)C(=O)O. The smallest absolute Gasteiger partial charge is 0.419 e. The number of ether oxygens (including phenoxy) is 2. The Morgan fingerprint density at radius 3 is 2.44 bits per heavy atom. The summed E-state index contributed by atoms with van der Waals surface area (Å²) in [6.45, 7) is 5.93. The molecule has 1 rings (SSSR count). The predicted octanol–water partition coefficient (Wildman–Crippen LogP) is 2.19. The number of amides is 1. The summed E-state index contributed by atoms with van der Waals surface area (Å²) < 4.78 is 25.8. The van der Waals surface area contributed by atoms with Crippen molar-refractivity contribution in [1.29, 1.82) is 0 Å². The molecule has 1 heterocycles. The Kier molecular flexibility index (Phi) is 5.20. The van der Waals surface area contributed by atoms with Crippen molar-refractivity contribution in [3.8, 4) is 0 Å². The summed E-state index contributed by atoms with van der Waals surface area (Å²) in [6, 6.07) is -1.33. The fraction of sp³-hybridized carbons (Fsp3) is 0.625. The van der Waals surface area contributed by atoms with E-state index in [4.69, 9.17) is 12.2 Å². The average Bonchev–Trinajstić information content (AvgIpc) is 3.02. The number of hydrogen-bond donors (Lipinski definition) is 2. The summed E-state index contributed by atoms with van der Waals surface area (Å²) in [4.78, 5) is 39.2. The molecule has 0 saturated heterocycles. The summed E-state index contributed by atoms with van der Waals surface area (Å²) in [5.41, 5.74) is -1.78. The van der Waals surface area contributed by atoms with Crippen molar-refractivity contribution in [1.82, 2.24) is 14.9 Å². The van der Waals surface area contributed by atoms with Crippen molar-refractivity contribution in [3.63, 3.8) is 0 Å². The monoisotopic (exact) mass is 357 g/mol. The van der Waals surface area contributed by atoms with Crippen LogP contribution in [0.5, 0.6) is 0 Å². The third kappa shape index (κ3) is 7.69. The zero-order valence-corrected chi connectivity index (χ0v) is 14.7. The second kappa shape index (κ2) is 7.54. The van der Waals surface area contributed by atoms with E-state index in [2.05, 4.69) is 10.3 Å². The Hall–Kier alpha value is -2.58. The number of alkyl carbamates (subject to hydrolysis) is 1. The third-order valence-corrected chi connectivity index (χ3v) is 2.58. The van der Waals surface area contributed by atoms with Crippen molar-refractivity contribution in [3.05, 3.63) is 18.2 Å². The van der Waals surface area contributed by atoms with Gasteiger partial charge in [0.15, 0.2) is 0 Å². The minimum Gasteiger partial charge on any atom is -0.480 e. The highest BCUT2D eigenvalue weighted by molar-refractivity contribution is 5.80. The van der Waals surface area contributed by atoms with Gasteiger partial charge in [-0.25, -0.2) is 23.9 Å². The lowest BCUT2D eigenvalue weighted by molar-refractivity contribution is -0.139. The first-order valence-corrected chi connectivity index (χ1v) is 7.46. The van der Waals surface area contributed by atoms with E-state index in [-0.39, 0.29) is 25.9 Å². The van der Waals surface area contributed by atoms with Gasteiger partial charge in [0.1, 0.15) is 23.6 Å². The quantitative estimate of drug-likeness (QED) is 0.847. The lowest BCUT2D eigenvalue weighted by Gasteiger charge is -2.21. The van der Waals surface area contributed by atoms with Gasteiger partial charge >= 0.3 is 18.2 Å². The van der Waals surface area contributed by atoms with Gasteiger partial charge in [0, 0.05) is 15.4 Å². The van der Waals surface area contributed by atoms with Crippen LogP contribution < -0.4 is 5.32 Å². The summed E-state index contributed by atoms with van der Waals surface area (Å²) in [5, 5.41) is 11.5. The van der Waals surface area contributed by atoms with Crippen molar-refractivity contribution in [2.45, 2.75) is 65.2 Å². The second-order valence-corrected chi connectivity index (χ2v) is 6.79. The molecular formula is C16H25N3O6. The minimum atomic E-state index is -1.33. The van der Waals surface area contributed by atoms with Crippen molar-refractivity contribution < 1.29 is 31.7 Å². The van der Waals surface area contributed by atoms with Gasteiger partial charge in [0.05, 0.1) is 5.69 Å². The van der Waals surface area contributed by atoms with Crippen molar-refractivity contribution in [2.75, 3.05) is 0 Å². The van der Waals surface area contributed by atoms with Crippen molar-refractivity contribution >= 4 is 18.2 Å². The molecule has 0 saturated carbocycles. The number of aliphatic carboxylic acids is 1. The van der Waals surface area contributed by atoms with Gasteiger partial charge in [-0.15, -0.1) is 0 Å². The second-order valence-electron chi connectivity index (χ2n) is 6.79. The molecule has 9 nitrogen and oxygen atoms in total. The first kappa shape index (κ1) is 17.2. The molecule has 0 bridgehead atoms. The molecule has 0 unspecified atom stereocenters. The fourth-order valence-corrected chi connectivity index (χ4v) is 1.69. The lowest BCUT2D eigenvalue weighted by Crippen LogP contribution is -2.44. The van der Waals surface area contributed by atoms with Crippen LogP contribution in [0.3, 0.4) is 0 Å². The number of hydrogen-bond acceptors (Lipinski definition) is 6. The van der Waals surface area contributed by atoms with Gasteiger partial charge in [0.25, 0.3) is 0 Å². The van der Waals surface area contributed by atoms with E-state index >= 15 is 0 Å². The van der Waals surface area contributed by atoms with Crippen LogP contribution in [0.15, 0.2) is 12.5 Å². The molecular weight excluding hydrogens is 330 g/mol. The maximum Gasteiger partial charge on any atom is 0.419 e. The molecule has 0 fully saturated rings. The molecule has 1 atom stereocenters. The van der Waals surface area contributed by atoms with Gasteiger partial charge < -0.3 is 19.9 Å². The molecule has 0 aliphatic heterocycles. The number of nitrogens with one attached hydrogen (secondary N) is 1. The normalized spacial score (nSPS) is 14.1. The van der Waals surface area contributed by atoms with Crippen LogP contribution in [0.4, 0.5) is 9.59 Å². The maximum absolute atomic E-state index is 12.0. The summed E-state index contributed by atoms with van der Waals surface area (Å²) >= 11 is 0. The first-order valence-electron chi connectivity index (χ1n) is 8.87. The zero-order chi connectivity index (χ0) is 20.8. The zero-order valence-electron chi connectivity index (χ0n) is 16.7. The van der Waals surface area contributed by atoms with Crippen LogP contribution in [0.25, 0.3) is 0 Å². The van der Waals surface area contributed by atoms with Crippen LogP contribution in [0.1, 0.15) is 49.9 Å². The Balaban J connectivity index is 2.76. The molecule has 9 heteroatoms. The number of carbonyl (C=O) groups excluding carboxylic acids is 2. The van der Waals surface area contributed by atoms with E-state index in [1.807, 2.05) is 0 Å². The summed E-state index contributed by atoms with van der Waals surface area (Å²) in [6.07, 6.45) is 0.559. The molecule has 0 radical (unpaired) electrons. The van der Waals surface area contributed by atoms with Gasteiger partial charge in [-0.05, 0) is 41.5 Å². The number of aromatic nitrogens is 2. The largest absolute Gasteiger partial charge is 0.480 e. The highest BCUT2D eigenvalue weighted by Crippen LogP contribution is 2.11. The fourth-order valence-electron chi connectivity index (χ4n) is 1.69. The van der Waals surface area contributed by atoms with Crippen molar-refractivity contribution in [2.24, 2.45) is 0 Å². The van der Waals surface area contributed by atoms with Crippen LogP contribution in [-0.2, 0) is 20.7 Å². The molecule has 0 aliphatic carbocycles. The van der Waals surface area contributed by atoms with Crippen LogP contribution in [0.2, 0.25) is 0 Å². The number of carboxylic acids is 1. The third-order valence-electron chi connectivity index (χ3n) is 2.58. The highest BCUT2D eigenvalue weighted by Gasteiger charge is 2.25. The molecule has 1 aromatic heterocycles. The number of rotatable bonds is 4. The average molecular weight is 357 g/mol. The number of nitrogens with zero attached hydrogens (tertiary/aromatic N) is 2. The molecule has 0 aliphatic rings. The summed E-state index contributed by atoms with van der Waals surface area (Å²) in [7, 11) is 0. The van der Waals surface area contributed by atoms with E-state index in [9.17, 15) is 19.5 Å². The molecule has 0 aromatic carbocycles. The topological polar surface area (TPSA) is 120 Å². The van der Waals surface area contributed by atoms with Gasteiger partial charge in [-0.1, -0.05) is 0 Å². The van der Waals surface area contributed by atoms with Gasteiger partial charge in [0.2, 0.25) is 0 Å². The van der Waals surface area contributed by atoms with E-state index in [0.717, 1.165) is 10.9 Å². The van der Waals surface area contributed by atoms with Gasteiger partial charge in [-0.2, -0.15) is 0 Å². The molecule has 25 heavy (non-hydrogen) atoms. The highest BCUT2D eigenvalue weighted by atomic mass is 16.6. The van der Waals surface area contributed by atoms with E-state index < -0.39 is 35.4 Å². The predicted molar refractivity (Wildman–Crippen MR) is 88.4 cm³/mol. The molecule has 140 valence electrons. The minimum absolute atomic E-state index is 0.123. The molecule has 2 N–H and O–H groups in total. The first-order chi connectivity index (χ1) is 12.4. The van der Waals surface area contributed by atoms with Crippen LogP contribution in [0, 0.1) is 0 Å². The Morgan fingerprint density at radius 2 is 1.88 bits per heavy atom. The lowest BCUT2D eigenvalue weighted by atomic mass is 10.1. The standard InChI is InChI=1S/C16H25N3O6/c1-15(2,3)24-13(22)18-11(12(20)21)7-10-8-19(9-17-10)14(23)25-16(4,5)6/h8-9,11H,7H2,1-6H3,(H,18,22)(H,20,21)/t11-/m0/s1/i1D,4D. The maximum atomic E-state index is 12.0.